The van der Waals surface area contributed by atoms with Gasteiger partial charge in [0, 0.05) is 5.92 Å². The molecule has 0 saturated heterocycles. The third-order valence-corrected chi connectivity index (χ3v) is 6.92. The second-order valence-corrected chi connectivity index (χ2v) is 8.19. The van der Waals surface area contributed by atoms with Gasteiger partial charge in [0.1, 0.15) is 0 Å². The Kier molecular flexibility index (Phi) is 4.17. The van der Waals surface area contributed by atoms with E-state index >= 15 is 0 Å². The van der Waals surface area contributed by atoms with Gasteiger partial charge < -0.3 is 0 Å². The number of rotatable bonds is 2. The lowest BCUT2D eigenvalue weighted by Gasteiger charge is -2.36. The van der Waals surface area contributed by atoms with Crippen molar-refractivity contribution in [2.45, 2.75) is 31.1 Å². The third kappa shape index (κ3) is 2.66. The minimum atomic E-state index is 0.0980. The summed E-state index contributed by atoms with van der Waals surface area (Å²) >= 11 is 6.98. The highest BCUT2D eigenvalue weighted by atomic mass is 35.5. The Bertz CT molecular complexity index is 1110. The van der Waals surface area contributed by atoms with E-state index in [1.54, 1.807) is 0 Å². The lowest BCUT2D eigenvalue weighted by atomic mass is 9.71. The minimum Gasteiger partial charge on any atom is -0.118 e. The van der Waals surface area contributed by atoms with Crippen LogP contribution < -0.4 is 0 Å². The van der Waals surface area contributed by atoms with Gasteiger partial charge in [0.2, 0.25) is 0 Å². The number of hydrogen-bond donors (Lipinski definition) is 0. The zero-order chi connectivity index (χ0) is 18.4. The number of halogens is 1. The predicted molar refractivity (Wildman–Crippen MR) is 117 cm³/mol. The van der Waals surface area contributed by atoms with Crippen molar-refractivity contribution in [2.75, 3.05) is 0 Å². The standard InChI is InChI=1S/C26H23Cl/c1-2-17-16-24(18-8-4-3-5-9-18)25-22-13-12-19-10-6-7-11-20(19)21(22)14-15-23(25)26(17)27/h3-15,17,24,26H,2,16H2,1H3. The molecule has 0 spiro atoms. The van der Waals surface area contributed by atoms with Crippen molar-refractivity contribution in [3.8, 4) is 0 Å². The molecule has 0 saturated carbocycles. The first-order valence-electron chi connectivity index (χ1n) is 9.91. The zero-order valence-electron chi connectivity index (χ0n) is 15.5. The zero-order valence-corrected chi connectivity index (χ0v) is 16.3. The molecule has 0 nitrogen and oxygen atoms in total. The van der Waals surface area contributed by atoms with Crippen LogP contribution in [-0.4, -0.2) is 0 Å². The summed E-state index contributed by atoms with van der Waals surface area (Å²) in [5, 5.41) is 5.42. The van der Waals surface area contributed by atoms with E-state index in [4.69, 9.17) is 11.6 Å². The summed E-state index contributed by atoms with van der Waals surface area (Å²) in [5.41, 5.74) is 4.17. The maximum Gasteiger partial charge on any atom is 0.0616 e. The monoisotopic (exact) mass is 370 g/mol. The van der Waals surface area contributed by atoms with Gasteiger partial charge in [-0.25, -0.2) is 0 Å². The third-order valence-electron chi connectivity index (χ3n) is 6.33. The van der Waals surface area contributed by atoms with E-state index in [0.29, 0.717) is 11.8 Å². The van der Waals surface area contributed by atoms with Crippen LogP contribution in [0.15, 0.2) is 78.9 Å². The van der Waals surface area contributed by atoms with E-state index in [0.717, 1.165) is 12.8 Å². The Balaban J connectivity index is 1.83. The lowest BCUT2D eigenvalue weighted by molar-refractivity contribution is 0.406. The summed E-state index contributed by atoms with van der Waals surface area (Å²) in [6, 6.07) is 28.8. The molecule has 4 aromatic carbocycles. The van der Waals surface area contributed by atoms with Crippen LogP contribution in [0.25, 0.3) is 21.5 Å². The van der Waals surface area contributed by atoms with Gasteiger partial charge in [0.05, 0.1) is 5.38 Å². The van der Waals surface area contributed by atoms with E-state index in [-0.39, 0.29) is 5.38 Å². The average Bonchev–Trinajstić information content (AvgIpc) is 2.74. The molecule has 3 unspecified atom stereocenters. The fourth-order valence-electron chi connectivity index (χ4n) is 4.91. The second kappa shape index (κ2) is 6.69. The van der Waals surface area contributed by atoms with Crippen molar-refractivity contribution < 1.29 is 0 Å². The molecular weight excluding hydrogens is 348 g/mol. The van der Waals surface area contributed by atoms with Crippen LogP contribution >= 0.6 is 11.6 Å². The molecule has 27 heavy (non-hydrogen) atoms. The van der Waals surface area contributed by atoms with Crippen molar-refractivity contribution >= 4 is 33.1 Å². The number of fused-ring (bicyclic) bond motifs is 5. The highest BCUT2D eigenvalue weighted by Crippen LogP contribution is 2.51. The maximum atomic E-state index is 6.98. The molecule has 0 aliphatic heterocycles. The molecule has 0 fully saturated rings. The van der Waals surface area contributed by atoms with Crippen molar-refractivity contribution in [2.24, 2.45) is 5.92 Å². The smallest absolute Gasteiger partial charge is 0.0616 e. The summed E-state index contributed by atoms with van der Waals surface area (Å²) in [5.74, 6) is 0.924. The molecule has 134 valence electrons. The average molecular weight is 371 g/mol. The highest BCUT2D eigenvalue weighted by molar-refractivity contribution is 6.21. The molecule has 0 amide bonds. The largest absolute Gasteiger partial charge is 0.118 e. The fourth-order valence-corrected chi connectivity index (χ4v) is 5.38. The van der Waals surface area contributed by atoms with Crippen LogP contribution in [0.3, 0.4) is 0 Å². The molecule has 1 aliphatic rings. The summed E-state index contributed by atoms with van der Waals surface area (Å²) in [7, 11) is 0. The topological polar surface area (TPSA) is 0 Å². The molecule has 0 radical (unpaired) electrons. The molecule has 0 N–H and O–H groups in total. The van der Waals surface area contributed by atoms with Crippen molar-refractivity contribution in [3.63, 3.8) is 0 Å². The van der Waals surface area contributed by atoms with Gasteiger partial charge >= 0.3 is 0 Å². The molecule has 0 bridgehead atoms. The Morgan fingerprint density at radius 1 is 0.778 bits per heavy atom. The molecule has 0 heterocycles. The van der Waals surface area contributed by atoms with Crippen molar-refractivity contribution in [1.29, 1.82) is 0 Å². The van der Waals surface area contributed by atoms with Crippen LogP contribution in [0.1, 0.15) is 47.8 Å². The minimum absolute atomic E-state index is 0.0980. The summed E-state index contributed by atoms with van der Waals surface area (Å²) in [4.78, 5) is 0. The lowest BCUT2D eigenvalue weighted by Crippen LogP contribution is -2.21. The molecule has 3 atom stereocenters. The van der Waals surface area contributed by atoms with Gasteiger partial charge in [-0.15, -0.1) is 11.6 Å². The van der Waals surface area contributed by atoms with Crippen LogP contribution in [0, 0.1) is 5.92 Å². The SMILES string of the molecule is CCC1CC(c2ccccc2)c2c(ccc3c2ccc2ccccc23)C1Cl. The quantitative estimate of drug-likeness (QED) is 0.249. The second-order valence-electron chi connectivity index (χ2n) is 7.72. The van der Waals surface area contributed by atoms with Crippen LogP contribution in [0.5, 0.6) is 0 Å². The van der Waals surface area contributed by atoms with Gasteiger partial charge in [-0.1, -0.05) is 92.2 Å². The number of hydrogen-bond acceptors (Lipinski definition) is 0. The van der Waals surface area contributed by atoms with Crippen molar-refractivity contribution in [1.82, 2.24) is 0 Å². The van der Waals surface area contributed by atoms with Gasteiger partial charge in [0.25, 0.3) is 0 Å². The Labute approximate surface area is 165 Å². The Morgan fingerprint density at radius 2 is 1.52 bits per heavy atom. The molecule has 1 aliphatic carbocycles. The first-order chi connectivity index (χ1) is 13.3. The van der Waals surface area contributed by atoms with Crippen LogP contribution in [-0.2, 0) is 0 Å². The predicted octanol–water partition coefficient (Wildman–Crippen LogP) is 7.83. The van der Waals surface area contributed by atoms with E-state index in [9.17, 15) is 0 Å². The Hall–Kier alpha value is -2.31. The fraction of sp³-hybridized carbons (Fsp3) is 0.231. The number of alkyl halides is 1. The highest BCUT2D eigenvalue weighted by Gasteiger charge is 2.34. The normalized spacial score (nSPS) is 22.1. The summed E-state index contributed by atoms with van der Waals surface area (Å²) in [6.07, 6.45) is 2.24. The van der Waals surface area contributed by atoms with E-state index in [1.807, 2.05) is 0 Å². The van der Waals surface area contributed by atoms with E-state index < -0.39 is 0 Å². The number of benzene rings is 4. The van der Waals surface area contributed by atoms with Crippen molar-refractivity contribution in [3.05, 3.63) is 95.6 Å². The Morgan fingerprint density at radius 3 is 2.33 bits per heavy atom. The van der Waals surface area contributed by atoms with Gasteiger partial charge in [-0.2, -0.15) is 0 Å². The molecule has 4 aromatic rings. The van der Waals surface area contributed by atoms with Gasteiger partial charge in [-0.3, -0.25) is 0 Å². The maximum absolute atomic E-state index is 6.98. The molecule has 5 rings (SSSR count). The van der Waals surface area contributed by atoms with Crippen LogP contribution in [0.4, 0.5) is 0 Å². The van der Waals surface area contributed by atoms with E-state index in [2.05, 4.69) is 85.8 Å². The van der Waals surface area contributed by atoms with E-state index in [1.165, 1.54) is 38.2 Å². The first-order valence-corrected chi connectivity index (χ1v) is 10.3. The molecule has 0 aromatic heterocycles. The van der Waals surface area contributed by atoms with Crippen LogP contribution in [0.2, 0.25) is 0 Å². The first kappa shape index (κ1) is 16.8. The van der Waals surface area contributed by atoms with Gasteiger partial charge in [-0.05, 0) is 50.6 Å². The summed E-state index contributed by atoms with van der Waals surface area (Å²) < 4.78 is 0. The van der Waals surface area contributed by atoms with Gasteiger partial charge in [0.15, 0.2) is 0 Å². The molecular formula is C26H23Cl. The molecule has 1 heteroatoms. The summed E-state index contributed by atoms with van der Waals surface area (Å²) in [6.45, 7) is 2.27.